The Morgan fingerprint density at radius 2 is 2.26 bits per heavy atom. The highest BCUT2D eigenvalue weighted by Gasteiger charge is 2.07. The summed E-state index contributed by atoms with van der Waals surface area (Å²) in [5, 5.41) is 2.85. The van der Waals surface area contributed by atoms with Gasteiger partial charge in [-0.3, -0.25) is 9.78 Å². The number of H-pyrrole nitrogens is 1. The summed E-state index contributed by atoms with van der Waals surface area (Å²) in [6.45, 7) is 0.552. The average Bonchev–Trinajstić information content (AvgIpc) is 3.07. The smallest absolute Gasteiger partial charge is 0.263 e. The summed E-state index contributed by atoms with van der Waals surface area (Å²) in [7, 11) is 0. The SMILES string of the molecule is O=C(NCCc1nc2ccccc2[nH]1)c1cncs1. The van der Waals surface area contributed by atoms with Gasteiger partial charge in [0.15, 0.2) is 0 Å². The monoisotopic (exact) mass is 272 g/mol. The number of fused-ring (bicyclic) bond motifs is 1. The molecule has 5 nitrogen and oxygen atoms in total. The van der Waals surface area contributed by atoms with Gasteiger partial charge < -0.3 is 10.3 Å². The number of nitrogens with one attached hydrogen (secondary N) is 2. The third-order valence-corrected chi connectivity index (χ3v) is 3.51. The topological polar surface area (TPSA) is 70.7 Å². The van der Waals surface area contributed by atoms with Crippen molar-refractivity contribution in [2.24, 2.45) is 0 Å². The zero-order valence-corrected chi connectivity index (χ0v) is 10.9. The normalized spacial score (nSPS) is 10.7. The second-order valence-electron chi connectivity index (χ2n) is 4.07. The van der Waals surface area contributed by atoms with Gasteiger partial charge in [0.25, 0.3) is 5.91 Å². The number of aromatic amines is 1. The van der Waals surface area contributed by atoms with Gasteiger partial charge >= 0.3 is 0 Å². The molecule has 0 saturated carbocycles. The Hall–Kier alpha value is -2.21. The molecule has 1 amide bonds. The van der Waals surface area contributed by atoms with Crippen LogP contribution in [0.2, 0.25) is 0 Å². The average molecular weight is 272 g/mol. The highest BCUT2D eigenvalue weighted by molar-refractivity contribution is 7.11. The second kappa shape index (κ2) is 5.19. The van der Waals surface area contributed by atoms with E-state index in [9.17, 15) is 4.79 Å². The maximum absolute atomic E-state index is 11.7. The second-order valence-corrected chi connectivity index (χ2v) is 4.96. The fraction of sp³-hybridized carbons (Fsp3) is 0.154. The first-order valence-electron chi connectivity index (χ1n) is 5.93. The van der Waals surface area contributed by atoms with E-state index in [1.165, 1.54) is 11.3 Å². The molecule has 0 spiro atoms. The Morgan fingerprint density at radius 3 is 3.05 bits per heavy atom. The van der Waals surface area contributed by atoms with Crippen molar-refractivity contribution in [3.63, 3.8) is 0 Å². The molecule has 0 aliphatic heterocycles. The zero-order chi connectivity index (χ0) is 13.1. The number of aromatic nitrogens is 3. The Bertz CT molecular complexity index is 657. The summed E-state index contributed by atoms with van der Waals surface area (Å²) in [4.78, 5) is 23.9. The van der Waals surface area contributed by atoms with Crippen LogP contribution in [-0.2, 0) is 6.42 Å². The number of carbonyl (C=O) groups is 1. The Balaban J connectivity index is 1.59. The predicted octanol–water partition coefficient (Wildman–Crippen LogP) is 1.99. The Kier molecular flexibility index (Phi) is 3.24. The summed E-state index contributed by atoms with van der Waals surface area (Å²) in [6.07, 6.45) is 2.25. The third kappa shape index (κ3) is 2.63. The van der Waals surface area contributed by atoms with Crippen molar-refractivity contribution in [2.75, 3.05) is 6.54 Å². The van der Waals surface area contributed by atoms with Crippen molar-refractivity contribution in [1.29, 1.82) is 0 Å². The highest BCUT2D eigenvalue weighted by Crippen LogP contribution is 2.10. The number of imidazole rings is 1. The van der Waals surface area contributed by atoms with Crippen molar-refractivity contribution in [3.8, 4) is 0 Å². The predicted molar refractivity (Wildman–Crippen MR) is 74.2 cm³/mol. The van der Waals surface area contributed by atoms with Crippen LogP contribution in [0.25, 0.3) is 11.0 Å². The minimum Gasteiger partial charge on any atom is -0.351 e. The molecule has 0 fully saturated rings. The van der Waals surface area contributed by atoms with Crippen LogP contribution in [0.5, 0.6) is 0 Å². The highest BCUT2D eigenvalue weighted by atomic mass is 32.1. The van der Waals surface area contributed by atoms with E-state index in [0.717, 1.165) is 16.9 Å². The van der Waals surface area contributed by atoms with Crippen LogP contribution in [0.3, 0.4) is 0 Å². The van der Waals surface area contributed by atoms with Crippen LogP contribution in [0.1, 0.15) is 15.5 Å². The minimum absolute atomic E-state index is 0.0846. The maximum Gasteiger partial charge on any atom is 0.263 e. The summed E-state index contributed by atoms with van der Waals surface area (Å²) in [5.74, 6) is 0.796. The molecule has 0 bridgehead atoms. The number of hydrogen-bond donors (Lipinski definition) is 2. The van der Waals surface area contributed by atoms with E-state index >= 15 is 0 Å². The summed E-state index contributed by atoms with van der Waals surface area (Å²) < 4.78 is 0. The van der Waals surface area contributed by atoms with E-state index in [1.807, 2.05) is 24.3 Å². The van der Waals surface area contributed by atoms with E-state index in [0.29, 0.717) is 17.8 Å². The maximum atomic E-state index is 11.7. The zero-order valence-electron chi connectivity index (χ0n) is 10.1. The molecular weight excluding hydrogens is 260 g/mol. The van der Waals surface area contributed by atoms with Gasteiger partial charge in [0.1, 0.15) is 10.7 Å². The first kappa shape index (κ1) is 11.9. The number of carbonyl (C=O) groups excluding carboxylic acids is 1. The molecule has 6 heteroatoms. The number of rotatable bonds is 4. The van der Waals surface area contributed by atoms with E-state index < -0.39 is 0 Å². The van der Waals surface area contributed by atoms with Gasteiger partial charge in [-0.2, -0.15) is 0 Å². The van der Waals surface area contributed by atoms with Crippen molar-refractivity contribution in [3.05, 3.63) is 46.7 Å². The Labute approximate surface area is 113 Å². The van der Waals surface area contributed by atoms with Crippen LogP contribution in [0.4, 0.5) is 0 Å². The molecule has 0 unspecified atom stereocenters. The lowest BCUT2D eigenvalue weighted by Gasteiger charge is -2.00. The van der Waals surface area contributed by atoms with Crippen molar-refractivity contribution >= 4 is 28.3 Å². The molecule has 19 heavy (non-hydrogen) atoms. The third-order valence-electron chi connectivity index (χ3n) is 2.74. The number of para-hydroxylation sites is 2. The van der Waals surface area contributed by atoms with Crippen molar-refractivity contribution in [1.82, 2.24) is 20.3 Å². The minimum atomic E-state index is -0.0846. The van der Waals surface area contributed by atoms with Gasteiger partial charge in [-0.15, -0.1) is 11.3 Å². The fourth-order valence-corrected chi connectivity index (χ4v) is 2.37. The van der Waals surface area contributed by atoms with Crippen LogP contribution in [0.15, 0.2) is 36.0 Å². The molecule has 2 heterocycles. The van der Waals surface area contributed by atoms with Crippen LogP contribution < -0.4 is 5.32 Å². The van der Waals surface area contributed by atoms with Gasteiger partial charge in [-0.05, 0) is 12.1 Å². The lowest BCUT2D eigenvalue weighted by atomic mass is 10.3. The summed E-state index contributed by atoms with van der Waals surface area (Å²) >= 11 is 1.33. The van der Waals surface area contributed by atoms with Crippen LogP contribution in [-0.4, -0.2) is 27.4 Å². The van der Waals surface area contributed by atoms with Gasteiger partial charge in [0.05, 0.1) is 22.7 Å². The summed E-state index contributed by atoms with van der Waals surface area (Å²) in [5.41, 5.74) is 3.62. The van der Waals surface area contributed by atoms with Crippen LogP contribution >= 0.6 is 11.3 Å². The van der Waals surface area contributed by atoms with Gasteiger partial charge in [-0.25, -0.2) is 4.98 Å². The lowest BCUT2D eigenvalue weighted by Crippen LogP contribution is -2.25. The molecule has 0 atom stereocenters. The molecular formula is C13H12N4OS. The van der Waals surface area contributed by atoms with E-state index in [4.69, 9.17) is 0 Å². The number of benzene rings is 1. The molecule has 2 aromatic heterocycles. The quantitative estimate of drug-likeness (QED) is 0.763. The Morgan fingerprint density at radius 1 is 1.37 bits per heavy atom. The molecule has 0 radical (unpaired) electrons. The molecule has 3 aromatic rings. The van der Waals surface area contributed by atoms with Crippen molar-refractivity contribution in [2.45, 2.75) is 6.42 Å². The van der Waals surface area contributed by atoms with E-state index in [2.05, 4.69) is 20.3 Å². The van der Waals surface area contributed by atoms with E-state index in [1.54, 1.807) is 11.7 Å². The molecule has 0 saturated heterocycles. The summed E-state index contributed by atoms with van der Waals surface area (Å²) in [6, 6.07) is 7.88. The number of hydrogen-bond acceptors (Lipinski definition) is 4. The van der Waals surface area contributed by atoms with Crippen LogP contribution in [0, 0.1) is 0 Å². The largest absolute Gasteiger partial charge is 0.351 e. The first-order chi connectivity index (χ1) is 9.33. The molecule has 96 valence electrons. The van der Waals surface area contributed by atoms with Gasteiger partial charge in [0.2, 0.25) is 0 Å². The van der Waals surface area contributed by atoms with E-state index in [-0.39, 0.29) is 5.91 Å². The molecule has 1 aromatic carbocycles. The number of nitrogens with zero attached hydrogens (tertiary/aromatic N) is 2. The molecule has 2 N–H and O–H groups in total. The van der Waals surface area contributed by atoms with Gasteiger partial charge in [0, 0.05) is 13.0 Å². The van der Waals surface area contributed by atoms with Gasteiger partial charge in [-0.1, -0.05) is 12.1 Å². The standard InChI is InChI=1S/C13H12N4OS/c18-13(11-7-14-8-19-11)15-6-5-12-16-9-3-1-2-4-10(9)17-12/h1-4,7-8H,5-6H2,(H,15,18)(H,16,17). The fourth-order valence-electron chi connectivity index (χ4n) is 1.83. The molecule has 0 aliphatic rings. The lowest BCUT2D eigenvalue weighted by molar-refractivity contribution is 0.0958. The molecule has 3 rings (SSSR count). The number of amides is 1. The number of thiazole rings is 1. The molecule has 0 aliphatic carbocycles. The van der Waals surface area contributed by atoms with Crippen molar-refractivity contribution < 1.29 is 4.79 Å². The first-order valence-corrected chi connectivity index (χ1v) is 6.81.